The van der Waals surface area contributed by atoms with Gasteiger partial charge in [0, 0.05) is 0 Å². The average molecular weight is 230 g/mol. The first-order valence-electron chi connectivity index (χ1n) is 6.13. The summed E-state index contributed by atoms with van der Waals surface area (Å²) in [6.45, 7) is 8.57. The normalized spacial score (nSPS) is 15.1. The molecule has 1 atom stereocenters. The number of aliphatic carboxylic acids is 1. The molecule has 0 aliphatic rings. The monoisotopic (exact) mass is 230 g/mol. The minimum Gasteiger partial charge on any atom is -0.480 e. The van der Waals surface area contributed by atoms with Gasteiger partial charge in [0.05, 0.1) is 0 Å². The highest BCUT2D eigenvalue weighted by atomic mass is 16.4. The molecule has 1 unspecified atom stereocenters. The third-order valence-corrected chi connectivity index (χ3v) is 2.86. The maximum absolute atomic E-state index is 11.1. The van der Waals surface area contributed by atoms with E-state index >= 15 is 0 Å². The average Bonchev–Trinajstić information content (AvgIpc) is 2.18. The number of hydrogen-bond acceptors (Lipinski definition) is 3. The van der Waals surface area contributed by atoms with Crippen molar-refractivity contribution in [3.05, 3.63) is 0 Å². The Labute approximate surface area is 99.0 Å². The molecule has 96 valence electrons. The van der Waals surface area contributed by atoms with Crippen molar-refractivity contribution in [2.45, 2.75) is 45.6 Å². The van der Waals surface area contributed by atoms with Crippen molar-refractivity contribution >= 4 is 5.97 Å². The molecule has 0 aromatic carbocycles. The van der Waals surface area contributed by atoms with E-state index < -0.39 is 11.5 Å². The Morgan fingerprint density at radius 2 is 2.00 bits per heavy atom. The summed E-state index contributed by atoms with van der Waals surface area (Å²) in [4.78, 5) is 13.4. The van der Waals surface area contributed by atoms with Gasteiger partial charge >= 0.3 is 5.97 Å². The van der Waals surface area contributed by atoms with Crippen LogP contribution in [0.3, 0.4) is 0 Å². The van der Waals surface area contributed by atoms with Crippen LogP contribution in [0.25, 0.3) is 0 Å². The van der Waals surface area contributed by atoms with Gasteiger partial charge in [-0.3, -0.25) is 4.79 Å². The number of nitrogens with zero attached hydrogens (tertiary/aromatic N) is 1. The second-order valence-electron chi connectivity index (χ2n) is 4.57. The van der Waals surface area contributed by atoms with E-state index in [1.165, 1.54) is 0 Å². The van der Waals surface area contributed by atoms with Crippen LogP contribution in [-0.4, -0.2) is 48.2 Å². The molecule has 0 fully saturated rings. The van der Waals surface area contributed by atoms with Crippen LogP contribution in [0.4, 0.5) is 0 Å². The fourth-order valence-electron chi connectivity index (χ4n) is 1.86. The molecule has 0 rings (SSSR count). The molecular formula is C12H26N2O2. The first-order valence-corrected chi connectivity index (χ1v) is 6.13. The van der Waals surface area contributed by atoms with Crippen molar-refractivity contribution in [2.75, 3.05) is 26.7 Å². The van der Waals surface area contributed by atoms with Crippen molar-refractivity contribution in [3.8, 4) is 0 Å². The number of carboxylic acid groups (broad SMARTS) is 1. The second-order valence-corrected chi connectivity index (χ2v) is 4.57. The van der Waals surface area contributed by atoms with Crippen molar-refractivity contribution in [2.24, 2.45) is 0 Å². The van der Waals surface area contributed by atoms with E-state index in [-0.39, 0.29) is 0 Å². The van der Waals surface area contributed by atoms with Gasteiger partial charge in [0.25, 0.3) is 0 Å². The predicted molar refractivity (Wildman–Crippen MR) is 66.7 cm³/mol. The topological polar surface area (TPSA) is 52.6 Å². The van der Waals surface area contributed by atoms with E-state index in [1.807, 2.05) is 6.92 Å². The molecule has 2 N–H and O–H groups in total. The number of nitrogens with one attached hydrogen (secondary N) is 1. The van der Waals surface area contributed by atoms with Crippen LogP contribution in [0, 0.1) is 0 Å². The zero-order valence-corrected chi connectivity index (χ0v) is 11.0. The Morgan fingerprint density at radius 1 is 1.38 bits per heavy atom. The Balaban J connectivity index is 3.99. The summed E-state index contributed by atoms with van der Waals surface area (Å²) in [6.07, 6.45) is 2.72. The van der Waals surface area contributed by atoms with E-state index in [2.05, 4.69) is 24.2 Å². The highest BCUT2D eigenvalue weighted by Gasteiger charge is 2.31. The van der Waals surface area contributed by atoms with Crippen LogP contribution in [-0.2, 0) is 4.79 Å². The summed E-state index contributed by atoms with van der Waals surface area (Å²) in [6, 6.07) is 0. The molecular weight excluding hydrogens is 204 g/mol. The Hall–Kier alpha value is -0.610. The number of carbonyl (C=O) groups is 1. The molecule has 0 bridgehead atoms. The summed E-state index contributed by atoms with van der Waals surface area (Å²) >= 11 is 0. The van der Waals surface area contributed by atoms with Crippen LogP contribution in [0.15, 0.2) is 0 Å². The minimum absolute atomic E-state index is 0.671. The third-order valence-electron chi connectivity index (χ3n) is 2.86. The molecule has 4 nitrogen and oxygen atoms in total. The van der Waals surface area contributed by atoms with Crippen molar-refractivity contribution in [3.63, 3.8) is 0 Å². The zero-order chi connectivity index (χ0) is 12.6. The first kappa shape index (κ1) is 15.4. The fourth-order valence-corrected chi connectivity index (χ4v) is 1.86. The van der Waals surface area contributed by atoms with Gasteiger partial charge in [0.1, 0.15) is 5.54 Å². The molecule has 16 heavy (non-hydrogen) atoms. The number of rotatable bonds is 9. The van der Waals surface area contributed by atoms with Gasteiger partial charge in [-0.1, -0.05) is 13.8 Å². The summed E-state index contributed by atoms with van der Waals surface area (Å²) in [5.41, 5.74) is -0.776. The van der Waals surface area contributed by atoms with Gasteiger partial charge in [-0.25, -0.2) is 0 Å². The zero-order valence-electron chi connectivity index (χ0n) is 11.0. The highest BCUT2D eigenvalue weighted by molar-refractivity contribution is 5.78. The van der Waals surface area contributed by atoms with Crippen LogP contribution < -0.4 is 5.32 Å². The molecule has 0 aromatic rings. The lowest BCUT2D eigenvalue weighted by atomic mass is 9.96. The summed E-state index contributed by atoms with van der Waals surface area (Å²) in [5, 5.41) is 12.2. The Kier molecular flexibility index (Phi) is 7.34. The van der Waals surface area contributed by atoms with Gasteiger partial charge in [-0.2, -0.15) is 0 Å². The van der Waals surface area contributed by atoms with Crippen molar-refractivity contribution in [1.82, 2.24) is 10.2 Å². The second kappa shape index (κ2) is 7.63. The molecule has 4 heteroatoms. The van der Waals surface area contributed by atoms with Gasteiger partial charge < -0.3 is 15.3 Å². The van der Waals surface area contributed by atoms with Crippen LogP contribution >= 0.6 is 0 Å². The summed E-state index contributed by atoms with van der Waals surface area (Å²) in [7, 11) is 2.08. The van der Waals surface area contributed by atoms with E-state index in [4.69, 9.17) is 5.11 Å². The molecule has 0 spiro atoms. The molecule has 0 aromatic heterocycles. The molecule has 0 aliphatic carbocycles. The smallest absolute Gasteiger partial charge is 0.323 e. The van der Waals surface area contributed by atoms with Gasteiger partial charge in [0.2, 0.25) is 0 Å². The van der Waals surface area contributed by atoms with E-state index in [0.29, 0.717) is 13.0 Å². The highest BCUT2D eigenvalue weighted by Crippen LogP contribution is 2.13. The third kappa shape index (κ3) is 5.47. The Bertz CT molecular complexity index is 209. The molecule has 0 saturated heterocycles. The number of likely N-dealkylation sites (N-methyl/N-ethyl adjacent to an activating group) is 1. The molecule has 0 heterocycles. The number of hydrogen-bond donors (Lipinski definition) is 2. The van der Waals surface area contributed by atoms with Gasteiger partial charge in [-0.15, -0.1) is 0 Å². The number of carboxylic acids is 1. The lowest BCUT2D eigenvalue weighted by Gasteiger charge is -2.26. The van der Waals surface area contributed by atoms with Crippen molar-refractivity contribution < 1.29 is 9.90 Å². The standard InChI is InChI=1S/C12H26N2O2/c1-5-9-14(4)10-7-8-12(3,11(15)16)13-6-2/h13H,5-10H2,1-4H3,(H,15,16). The fraction of sp³-hybridized carbons (Fsp3) is 0.917. The Morgan fingerprint density at radius 3 is 2.44 bits per heavy atom. The largest absolute Gasteiger partial charge is 0.480 e. The quantitative estimate of drug-likeness (QED) is 0.631. The molecule has 0 amide bonds. The summed E-state index contributed by atoms with van der Waals surface area (Å²) < 4.78 is 0. The van der Waals surface area contributed by atoms with E-state index in [1.54, 1.807) is 6.92 Å². The maximum Gasteiger partial charge on any atom is 0.323 e. The maximum atomic E-state index is 11.1. The molecule has 0 saturated carbocycles. The van der Waals surface area contributed by atoms with Crippen molar-refractivity contribution in [1.29, 1.82) is 0 Å². The van der Waals surface area contributed by atoms with Gasteiger partial charge in [-0.05, 0) is 52.9 Å². The van der Waals surface area contributed by atoms with E-state index in [9.17, 15) is 4.79 Å². The van der Waals surface area contributed by atoms with Gasteiger partial charge in [0.15, 0.2) is 0 Å². The van der Waals surface area contributed by atoms with E-state index in [0.717, 1.165) is 25.9 Å². The molecule has 0 radical (unpaired) electrons. The summed E-state index contributed by atoms with van der Waals surface area (Å²) in [5.74, 6) is -0.757. The first-order chi connectivity index (χ1) is 7.46. The van der Waals surface area contributed by atoms with Crippen LogP contribution in [0.1, 0.15) is 40.0 Å². The molecule has 0 aliphatic heterocycles. The minimum atomic E-state index is -0.776. The van der Waals surface area contributed by atoms with Crippen LogP contribution in [0.2, 0.25) is 0 Å². The predicted octanol–water partition coefficient (Wildman–Crippen LogP) is 1.56. The SMILES string of the molecule is CCCN(C)CCCC(C)(NCC)C(=O)O. The lowest BCUT2D eigenvalue weighted by molar-refractivity contribution is -0.144. The van der Waals surface area contributed by atoms with Crippen LogP contribution in [0.5, 0.6) is 0 Å². The lowest BCUT2D eigenvalue weighted by Crippen LogP contribution is -2.49.